The largest absolute Gasteiger partial charge is 0.481 e. The number of anilines is 1. The lowest BCUT2D eigenvalue weighted by molar-refractivity contribution is 0.0995. The number of aromatic nitrogens is 3. The van der Waals surface area contributed by atoms with E-state index >= 15 is 0 Å². The summed E-state index contributed by atoms with van der Waals surface area (Å²) in [6.45, 7) is 5.47. The monoisotopic (exact) mass is 301 g/mol. The van der Waals surface area contributed by atoms with Gasteiger partial charge >= 0.3 is 0 Å². The molecule has 7 nitrogen and oxygen atoms in total. The van der Waals surface area contributed by atoms with Gasteiger partial charge in [-0.1, -0.05) is 0 Å². The van der Waals surface area contributed by atoms with Crippen LogP contribution in [0.4, 0.5) is 5.95 Å². The predicted molar refractivity (Wildman–Crippen MR) is 83.9 cm³/mol. The molecule has 22 heavy (non-hydrogen) atoms. The van der Waals surface area contributed by atoms with Gasteiger partial charge in [-0.25, -0.2) is 15.0 Å². The third-order valence-corrected chi connectivity index (χ3v) is 3.25. The number of amides is 1. The van der Waals surface area contributed by atoms with Crippen LogP contribution in [-0.2, 0) is 0 Å². The van der Waals surface area contributed by atoms with Gasteiger partial charge < -0.3 is 15.4 Å². The number of primary amides is 1. The van der Waals surface area contributed by atoms with Gasteiger partial charge in [0.05, 0.1) is 12.8 Å². The van der Waals surface area contributed by atoms with Crippen molar-refractivity contribution in [2.75, 3.05) is 25.1 Å². The number of ether oxygens (including phenoxy) is 1. The Morgan fingerprint density at radius 2 is 2.00 bits per heavy atom. The second-order valence-corrected chi connectivity index (χ2v) is 4.56. The number of pyridine rings is 1. The highest BCUT2D eigenvalue weighted by molar-refractivity contribution is 5.92. The van der Waals surface area contributed by atoms with Crippen molar-refractivity contribution in [1.29, 1.82) is 0 Å². The normalized spacial score (nSPS) is 10.3. The van der Waals surface area contributed by atoms with E-state index in [1.807, 2.05) is 24.8 Å². The third kappa shape index (κ3) is 3.30. The van der Waals surface area contributed by atoms with Crippen LogP contribution in [0, 0.1) is 0 Å². The molecule has 2 heterocycles. The molecule has 2 aromatic heterocycles. The molecule has 0 aliphatic rings. The Morgan fingerprint density at radius 3 is 2.50 bits per heavy atom. The Kier molecular flexibility index (Phi) is 4.88. The summed E-state index contributed by atoms with van der Waals surface area (Å²) in [5.74, 6) is 0.405. The molecule has 0 radical (unpaired) electrons. The molecule has 2 rings (SSSR count). The average molecular weight is 301 g/mol. The molecule has 2 N–H and O–H groups in total. The van der Waals surface area contributed by atoms with Crippen molar-refractivity contribution in [2.45, 2.75) is 13.8 Å². The molecule has 0 fully saturated rings. The van der Waals surface area contributed by atoms with Crippen molar-refractivity contribution >= 4 is 11.9 Å². The zero-order chi connectivity index (χ0) is 16.1. The first-order valence-corrected chi connectivity index (χ1v) is 7.03. The first-order chi connectivity index (χ1) is 10.6. The maximum atomic E-state index is 11.5. The first-order valence-electron chi connectivity index (χ1n) is 7.03. The summed E-state index contributed by atoms with van der Waals surface area (Å²) < 4.78 is 5.04. The number of hydrogen-bond donors (Lipinski definition) is 1. The summed E-state index contributed by atoms with van der Waals surface area (Å²) in [4.78, 5) is 26.4. The minimum atomic E-state index is -0.585. The fraction of sp³-hybridized carbons (Fsp3) is 0.333. The van der Waals surface area contributed by atoms with Crippen LogP contribution in [0.2, 0.25) is 0 Å². The van der Waals surface area contributed by atoms with E-state index in [0.717, 1.165) is 18.7 Å². The average Bonchev–Trinajstić information content (AvgIpc) is 2.56. The van der Waals surface area contributed by atoms with Crippen molar-refractivity contribution in [3.05, 3.63) is 30.1 Å². The molecule has 7 heteroatoms. The van der Waals surface area contributed by atoms with E-state index in [0.29, 0.717) is 17.5 Å². The van der Waals surface area contributed by atoms with Gasteiger partial charge in [0.1, 0.15) is 5.69 Å². The van der Waals surface area contributed by atoms with Crippen LogP contribution < -0.4 is 15.4 Å². The van der Waals surface area contributed by atoms with Gasteiger partial charge in [-0.3, -0.25) is 4.79 Å². The zero-order valence-corrected chi connectivity index (χ0v) is 12.9. The highest BCUT2D eigenvalue weighted by Gasteiger charge is 2.14. The van der Waals surface area contributed by atoms with Crippen molar-refractivity contribution in [3.8, 4) is 17.1 Å². The van der Waals surface area contributed by atoms with Gasteiger partial charge in [0.25, 0.3) is 5.91 Å². The SMILES string of the molecule is CCN(CC)c1nc(C(N)=O)cc(-c2ccc(OC)nc2)n1. The fourth-order valence-corrected chi connectivity index (χ4v) is 2.01. The molecular weight excluding hydrogens is 282 g/mol. The zero-order valence-electron chi connectivity index (χ0n) is 12.9. The lowest BCUT2D eigenvalue weighted by atomic mass is 10.2. The highest BCUT2D eigenvalue weighted by atomic mass is 16.5. The lowest BCUT2D eigenvalue weighted by Crippen LogP contribution is -2.26. The van der Waals surface area contributed by atoms with Crippen molar-refractivity contribution < 1.29 is 9.53 Å². The number of hydrogen-bond acceptors (Lipinski definition) is 6. The highest BCUT2D eigenvalue weighted by Crippen LogP contribution is 2.21. The first kappa shape index (κ1) is 15.7. The summed E-state index contributed by atoms with van der Waals surface area (Å²) in [7, 11) is 1.55. The Hall–Kier alpha value is -2.70. The number of nitrogens with zero attached hydrogens (tertiary/aromatic N) is 4. The van der Waals surface area contributed by atoms with Crippen molar-refractivity contribution in [3.63, 3.8) is 0 Å². The van der Waals surface area contributed by atoms with Crippen LogP contribution in [-0.4, -0.2) is 41.1 Å². The topological polar surface area (TPSA) is 94.2 Å². The van der Waals surface area contributed by atoms with E-state index in [1.165, 1.54) is 0 Å². The van der Waals surface area contributed by atoms with Crippen LogP contribution in [0.5, 0.6) is 5.88 Å². The van der Waals surface area contributed by atoms with E-state index in [2.05, 4.69) is 15.0 Å². The van der Waals surface area contributed by atoms with Gasteiger partial charge in [0.2, 0.25) is 11.8 Å². The minimum Gasteiger partial charge on any atom is -0.481 e. The third-order valence-electron chi connectivity index (χ3n) is 3.25. The number of methoxy groups -OCH3 is 1. The van der Waals surface area contributed by atoms with E-state index in [4.69, 9.17) is 10.5 Å². The van der Waals surface area contributed by atoms with Gasteiger partial charge in [-0.05, 0) is 26.0 Å². The van der Waals surface area contributed by atoms with E-state index in [1.54, 1.807) is 25.4 Å². The molecule has 0 unspecified atom stereocenters. The number of carbonyl (C=O) groups is 1. The van der Waals surface area contributed by atoms with Gasteiger partial charge in [0, 0.05) is 30.9 Å². The fourth-order valence-electron chi connectivity index (χ4n) is 2.01. The smallest absolute Gasteiger partial charge is 0.267 e. The van der Waals surface area contributed by atoms with Crippen LogP contribution >= 0.6 is 0 Å². The van der Waals surface area contributed by atoms with Gasteiger partial charge in [0.15, 0.2) is 0 Å². The standard InChI is InChI=1S/C15H19N5O2/c1-4-20(5-2)15-18-11(8-12(19-15)14(16)21)10-6-7-13(22-3)17-9-10/h6-9H,4-5H2,1-3H3,(H2,16,21). The molecule has 2 aromatic rings. The molecule has 116 valence electrons. The number of carbonyl (C=O) groups excluding carboxylic acids is 1. The molecule has 0 atom stereocenters. The number of nitrogens with two attached hydrogens (primary N) is 1. The van der Waals surface area contributed by atoms with E-state index in [9.17, 15) is 4.79 Å². The number of rotatable bonds is 6. The summed E-state index contributed by atoms with van der Waals surface area (Å²) >= 11 is 0. The molecule has 0 aliphatic carbocycles. The Morgan fingerprint density at radius 1 is 1.27 bits per heavy atom. The summed E-state index contributed by atoms with van der Waals surface area (Å²) in [5, 5.41) is 0. The summed E-state index contributed by atoms with van der Waals surface area (Å²) in [5.41, 5.74) is 6.92. The molecular formula is C15H19N5O2. The maximum Gasteiger partial charge on any atom is 0.267 e. The quantitative estimate of drug-likeness (QED) is 0.868. The van der Waals surface area contributed by atoms with Gasteiger partial charge in [-0.2, -0.15) is 0 Å². The maximum absolute atomic E-state index is 11.5. The molecule has 0 spiro atoms. The van der Waals surface area contributed by atoms with Crippen LogP contribution in [0.25, 0.3) is 11.3 Å². The molecule has 0 bridgehead atoms. The second-order valence-electron chi connectivity index (χ2n) is 4.56. The van der Waals surface area contributed by atoms with Crippen molar-refractivity contribution in [1.82, 2.24) is 15.0 Å². The van der Waals surface area contributed by atoms with Crippen LogP contribution in [0.15, 0.2) is 24.4 Å². The lowest BCUT2D eigenvalue weighted by Gasteiger charge is -2.19. The Labute approximate surface area is 129 Å². The van der Waals surface area contributed by atoms with E-state index < -0.39 is 5.91 Å². The molecule has 0 aromatic carbocycles. The Balaban J connectivity index is 2.51. The van der Waals surface area contributed by atoms with Crippen LogP contribution in [0.3, 0.4) is 0 Å². The Bertz CT molecular complexity index is 653. The van der Waals surface area contributed by atoms with Gasteiger partial charge in [-0.15, -0.1) is 0 Å². The molecule has 0 aliphatic heterocycles. The summed E-state index contributed by atoms with van der Waals surface area (Å²) in [6, 6.07) is 5.13. The molecule has 0 saturated heterocycles. The summed E-state index contributed by atoms with van der Waals surface area (Å²) in [6.07, 6.45) is 1.64. The predicted octanol–water partition coefficient (Wildman–Crippen LogP) is 1.49. The van der Waals surface area contributed by atoms with Crippen molar-refractivity contribution in [2.24, 2.45) is 5.73 Å². The van der Waals surface area contributed by atoms with Crippen LogP contribution in [0.1, 0.15) is 24.3 Å². The second kappa shape index (κ2) is 6.84. The van der Waals surface area contributed by atoms with E-state index in [-0.39, 0.29) is 5.69 Å². The molecule has 0 saturated carbocycles. The molecule has 1 amide bonds. The minimum absolute atomic E-state index is 0.183.